The second kappa shape index (κ2) is 9.36. The van der Waals surface area contributed by atoms with Gasteiger partial charge in [0, 0.05) is 22.8 Å². The summed E-state index contributed by atoms with van der Waals surface area (Å²) in [6, 6.07) is 12.5. The van der Waals surface area contributed by atoms with E-state index in [1.165, 1.54) is 18.2 Å². The van der Waals surface area contributed by atoms with Gasteiger partial charge in [0.2, 0.25) is 0 Å². The minimum Gasteiger partial charge on any atom is -0.399 e. The van der Waals surface area contributed by atoms with Gasteiger partial charge in [-0.2, -0.15) is 13.2 Å². The van der Waals surface area contributed by atoms with E-state index in [9.17, 15) is 18.0 Å². The zero-order chi connectivity index (χ0) is 27.5. The van der Waals surface area contributed by atoms with Crippen LogP contribution >= 0.6 is 11.8 Å². The molecular formula is C26H27BF4N2O4S. The molecule has 1 amide bonds. The van der Waals surface area contributed by atoms with Crippen LogP contribution in [0.2, 0.25) is 0 Å². The molecule has 0 aliphatic carbocycles. The zero-order valence-corrected chi connectivity index (χ0v) is 22.1. The van der Waals surface area contributed by atoms with Crippen molar-refractivity contribution in [3.63, 3.8) is 0 Å². The first kappa shape index (κ1) is 27.2. The smallest absolute Gasteiger partial charge is 0.399 e. The average Bonchev–Trinajstić information content (AvgIpc) is 3.34. The van der Waals surface area contributed by atoms with E-state index in [1.807, 2.05) is 27.7 Å². The van der Waals surface area contributed by atoms with E-state index < -0.39 is 60.4 Å². The van der Waals surface area contributed by atoms with Gasteiger partial charge in [0.15, 0.2) is 11.3 Å². The molecule has 202 valence electrons. The largest absolute Gasteiger partial charge is 0.494 e. The fourth-order valence-corrected chi connectivity index (χ4v) is 6.08. The number of nitrogens with one attached hydrogen (secondary N) is 1. The molecule has 2 saturated heterocycles. The molecule has 2 aromatic rings. The molecule has 2 aromatic carbocycles. The van der Waals surface area contributed by atoms with E-state index in [4.69, 9.17) is 14.0 Å². The number of benzene rings is 2. The van der Waals surface area contributed by atoms with Crippen LogP contribution in [-0.4, -0.2) is 54.0 Å². The Kier molecular flexibility index (Phi) is 6.69. The van der Waals surface area contributed by atoms with E-state index in [0.29, 0.717) is 11.0 Å². The molecule has 3 atom stereocenters. The highest BCUT2D eigenvalue weighted by molar-refractivity contribution is 8.13. The molecule has 3 aliphatic heterocycles. The first-order chi connectivity index (χ1) is 17.7. The van der Waals surface area contributed by atoms with Crippen molar-refractivity contribution in [1.29, 1.82) is 0 Å². The number of fused-ring (bicyclic) bond motifs is 1. The summed E-state index contributed by atoms with van der Waals surface area (Å²) in [6.45, 7) is 6.98. The van der Waals surface area contributed by atoms with Gasteiger partial charge >= 0.3 is 13.3 Å². The predicted octanol–water partition coefficient (Wildman–Crippen LogP) is 4.43. The molecule has 1 N–H and O–H groups in total. The number of rotatable bonds is 3. The lowest BCUT2D eigenvalue weighted by Gasteiger charge is -2.37. The second-order valence-electron chi connectivity index (χ2n) is 10.7. The van der Waals surface area contributed by atoms with Crippen molar-refractivity contribution in [2.75, 3.05) is 12.4 Å². The summed E-state index contributed by atoms with van der Waals surface area (Å²) >= 11 is 0.977. The normalized spacial score (nSPS) is 28.1. The highest BCUT2D eigenvalue weighted by Crippen LogP contribution is 2.52. The Hall–Kier alpha value is -2.41. The lowest BCUT2D eigenvalue weighted by atomic mass is 9.73. The Morgan fingerprint density at radius 2 is 1.74 bits per heavy atom. The minimum atomic E-state index is -4.67. The summed E-state index contributed by atoms with van der Waals surface area (Å²) in [7, 11) is -0.853. The molecule has 3 heterocycles. The fraction of sp³-hybridized carbons (Fsp3) is 0.462. The van der Waals surface area contributed by atoms with Gasteiger partial charge in [-0.1, -0.05) is 42.1 Å². The first-order valence-corrected chi connectivity index (χ1v) is 13.1. The van der Waals surface area contributed by atoms with Crippen LogP contribution in [0, 0.1) is 11.7 Å². The third kappa shape index (κ3) is 4.65. The highest BCUT2D eigenvalue weighted by Gasteiger charge is 2.62. The standard InChI is InChI=1S/C26H27BF4N2O4S/c1-23(2)24(3,4)37-27(36-23)16-10-11-19(28)17(12-16)25-14-35-20(26(29,30)31)18(25)13-38-22(33-25)32-21(34)15-8-6-5-7-9-15/h5-12,18,20H,13-14H2,1-4H3,(H,32,33,34)/t18-,20+,25-/m1/s1. The molecule has 12 heteroatoms. The lowest BCUT2D eigenvalue weighted by molar-refractivity contribution is -0.215. The van der Waals surface area contributed by atoms with Crippen molar-refractivity contribution in [3.8, 4) is 0 Å². The van der Waals surface area contributed by atoms with Crippen LogP contribution in [0.1, 0.15) is 43.6 Å². The summed E-state index contributed by atoms with van der Waals surface area (Å²) in [4.78, 5) is 17.3. The number of aliphatic imine (C=N–C) groups is 1. The van der Waals surface area contributed by atoms with E-state index in [-0.39, 0.29) is 16.5 Å². The third-order valence-corrected chi connectivity index (χ3v) is 8.72. The van der Waals surface area contributed by atoms with Gasteiger partial charge in [-0.05, 0) is 51.4 Å². The minimum absolute atomic E-state index is 0.0618. The van der Waals surface area contributed by atoms with Crippen molar-refractivity contribution < 1.29 is 36.4 Å². The molecule has 3 aliphatic rings. The number of hydrogen-bond acceptors (Lipinski definition) is 6. The number of amides is 1. The number of hydrogen-bond donors (Lipinski definition) is 1. The van der Waals surface area contributed by atoms with Crippen molar-refractivity contribution in [1.82, 2.24) is 5.32 Å². The number of alkyl halides is 3. The maximum absolute atomic E-state index is 15.5. The number of amidine groups is 1. The number of nitrogens with zero attached hydrogens (tertiary/aromatic N) is 1. The maximum Gasteiger partial charge on any atom is 0.494 e. The highest BCUT2D eigenvalue weighted by atomic mass is 32.2. The molecule has 0 bridgehead atoms. The van der Waals surface area contributed by atoms with Crippen LogP contribution in [0.5, 0.6) is 0 Å². The fourth-order valence-electron chi connectivity index (χ4n) is 4.90. The number of thioether (sulfide) groups is 1. The van der Waals surface area contributed by atoms with Crippen molar-refractivity contribution >= 4 is 35.4 Å². The molecule has 38 heavy (non-hydrogen) atoms. The van der Waals surface area contributed by atoms with Crippen LogP contribution in [0.25, 0.3) is 0 Å². The van der Waals surface area contributed by atoms with Gasteiger partial charge in [-0.25, -0.2) is 9.38 Å². The monoisotopic (exact) mass is 550 g/mol. The molecular weight excluding hydrogens is 523 g/mol. The Balaban J connectivity index is 1.56. The van der Waals surface area contributed by atoms with Gasteiger partial charge in [0.1, 0.15) is 11.4 Å². The number of carbonyl (C=O) groups is 1. The van der Waals surface area contributed by atoms with Crippen molar-refractivity contribution in [2.24, 2.45) is 10.9 Å². The zero-order valence-electron chi connectivity index (χ0n) is 21.3. The Morgan fingerprint density at radius 1 is 1.08 bits per heavy atom. The van der Waals surface area contributed by atoms with Crippen LogP contribution in [0.3, 0.4) is 0 Å². The Labute approximate surface area is 222 Å². The molecule has 2 fully saturated rings. The number of halogens is 4. The quantitative estimate of drug-likeness (QED) is 0.453. The van der Waals surface area contributed by atoms with Crippen molar-refractivity contribution in [2.45, 2.75) is 56.7 Å². The molecule has 0 radical (unpaired) electrons. The van der Waals surface area contributed by atoms with Crippen LogP contribution in [0.4, 0.5) is 17.6 Å². The molecule has 6 nitrogen and oxygen atoms in total. The molecule has 5 rings (SSSR count). The van der Waals surface area contributed by atoms with Gasteiger partial charge in [0.05, 0.1) is 17.8 Å². The summed E-state index contributed by atoms with van der Waals surface area (Å²) in [5, 5.41) is 2.77. The molecule has 0 saturated carbocycles. The van der Waals surface area contributed by atoms with E-state index in [0.717, 1.165) is 11.8 Å². The van der Waals surface area contributed by atoms with E-state index >= 15 is 4.39 Å². The average molecular weight is 550 g/mol. The lowest BCUT2D eigenvalue weighted by Crippen LogP contribution is -2.48. The maximum atomic E-state index is 15.5. The molecule has 0 aromatic heterocycles. The summed E-state index contributed by atoms with van der Waals surface area (Å²) in [5.41, 5.74) is -2.30. The predicted molar refractivity (Wildman–Crippen MR) is 137 cm³/mol. The van der Waals surface area contributed by atoms with E-state index in [1.54, 1.807) is 30.3 Å². The first-order valence-electron chi connectivity index (χ1n) is 12.2. The van der Waals surface area contributed by atoms with Crippen LogP contribution in [-0.2, 0) is 19.6 Å². The molecule has 0 spiro atoms. The topological polar surface area (TPSA) is 69.2 Å². The van der Waals surface area contributed by atoms with Gasteiger partial charge in [0.25, 0.3) is 5.91 Å². The van der Waals surface area contributed by atoms with Gasteiger partial charge in [-0.3, -0.25) is 4.79 Å². The number of carbonyl (C=O) groups excluding carboxylic acids is 1. The SMILES string of the molecule is CC1(C)OB(c2ccc(F)c([C@]34CO[C@H](C(F)(F)F)[C@H]3CSC(NC(=O)c3ccccc3)=N4)c2)OC1(C)C. The summed E-state index contributed by atoms with van der Waals surface area (Å²) < 4.78 is 74.8. The third-order valence-electron chi connectivity index (χ3n) is 7.72. The number of ether oxygens (including phenoxy) is 1. The summed E-state index contributed by atoms with van der Waals surface area (Å²) in [6.07, 6.45) is -6.81. The van der Waals surface area contributed by atoms with Crippen LogP contribution in [0.15, 0.2) is 53.5 Å². The Morgan fingerprint density at radius 3 is 2.37 bits per heavy atom. The van der Waals surface area contributed by atoms with E-state index in [2.05, 4.69) is 10.3 Å². The molecule has 0 unspecified atom stereocenters. The van der Waals surface area contributed by atoms with Gasteiger partial charge < -0.3 is 19.4 Å². The summed E-state index contributed by atoms with van der Waals surface area (Å²) in [5.74, 6) is -2.50. The van der Waals surface area contributed by atoms with Crippen LogP contribution < -0.4 is 10.8 Å². The van der Waals surface area contributed by atoms with Crippen molar-refractivity contribution in [3.05, 3.63) is 65.5 Å². The Bertz CT molecular complexity index is 1260. The van der Waals surface area contributed by atoms with Gasteiger partial charge in [-0.15, -0.1) is 0 Å². The second-order valence-corrected chi connectivity index (χ2v) is 11.7.